The standard InChI is InChI=1S/C21H26N2/c1-22-6-2-19(3-7-22)20-4-8-23(9-5-20)21-13-16-10-17(14-21)12-18(11-16)15-21/h2-9,16-18H,10-15H2,1H3/q+2. The van der Waals surface area contributed by atoms with Crippen molar-refractivity contribution in [1.29, 1.82) is 0 Å². The molecule has 118 valence electrons. The van der Waals surface area contributed by atoms with E-state index in [1.807, 2.05) is 0 Å². The Balaban J connectivity index is 1.47. The van der Waals surface area contributed by atoms with E-state index in [-0.39, 0.29) is 0 Å². The topological polar surface area (TPSA) is 7.76 Å². The van der Waals surface area contributed by atoms with E-state index in [9.17, 15) is 0 Å². The number of aryl methyl sites for hydroxylation is 1. The maximum Gasteiger partial charge on any atom is 0.169 e. The lowest BCUT2D eigenvalue weighted by molar-refractivity contribution is -0.776. The van der Waals surface area contributed by atoms with Crippen molar-refractivity contribution in [3.05, 3.63) is 49.1 Å². The van der Waals surface area contributed by atoms with Gasteiger partial charge in [0.2, 0.25) is 0 Å². The van der Waals surface area contributed by atoms with Crippen LogP contribution < -0.4 is 9.13 Å². The zero-order chi connectivity index (χ0) is 15.4. The molecule has 0 spiro atoms. The van der Waals surface area contributed by atoms with Crippen LogP contribution in [0.15, 0.2) is 49.1 Å². The van der Waals surface area contributed by atoms with Crippen LogP contribution in [-0.4, -0.2) is 0 Å². The Labute approximate surface area is 138 Å². The van der Waals surface area contributed by atoms with E-state index in [1.165, 1.54) is 49.7 Å². The van der Waals surface area contributed by atoms with Gasteiger partial charge >= 0.3 is 0 Å². The lowest BCUT2D eigenvalue weighted by Gasteiger charge is -2.53. The minimum absolute atomic E-state index is 0.441. The molecule has 2 aromatic heterocycles. The summed E-state index contributed by atoms with van der Waals surface area (Å²) in [6.45, 7) is 0. The van der Waals surface area contributed by atoms with Gasteiger partial charge in [-0.1, -0.05) is 0 Å². The van der Waals surface area contributed by atoms with Crippen molar-refractivity contribution in [2.75, 3.05) is 0 Å². The average molecular weight is 306 g/mol. The number of pyridine rings is 2. The first-order valence-electron chi connectivity index (χ1n) is 9.18. The van der Waals surface area contributed by atoms with Gasteiger partial charge in [0.1, 0.15) is 7.05 Å². The second-order valence-electron chi connectivity index (χ2n) is 8.39. The summed E-state index contributed by atoms with van der Waals surface area (Å²) in [4.78, 5) is 0. The van der Waals surface area contributed by atoms with E-state index in [0.29, 0.717) is 5.54 Å². The van der Waals surface area contributed by atoms with Crippen molar-refractivity contribution in [2.45, 2.75) is 44.1 Å². The summed E-state index contributed by atoms with van der Waals surface area (Å²) < 4.78 is 4.66. The van der Waals surface area contributed by atoms with Crippen molar-refractivity contribution in [2.24, 2.45) is 24.8 Å². The maximum atomic E-state index is 2.57. The Bertz CT molecular complexity index is 679. The van der Waals surface area contributed by atoms with Gasteiger partial charge in [-0.05, 0) is 48.1 Å². The van der Waals surface area contributed by atoms with Crippen LogP contribution in [0.2, 0.25) is 0 Å². The number of nitrogens with zero attached hydrogens (tertiary/aromatic N) is 2. The van der Waals surface area contributed by atoms with E-state index in [4.69, 9.17) is 0 Å². The van der Waals surface area contributed by atoms with Crippen LogP contribution in [0, 0.1) is 17.8 Å². The molecule has 0 saturated heterocycles. The second kappa shape index (κ2) is 4.90. The van der Waals surface area contributed by atoms with E-state index in [0.717, 1.165) is 17.8 Å². The zero-order valence-corrected chi connectivity index (χ0v) is 14.0. The van der Waals surface area contributed by atoms with Crippen LogP contribution in [0.4, 0.5) is 0 Å². The summed E-state index contributed by atoms with van der Waals surface area (Å²) in [7, 11) is 2.07. The van der Waals surface area contributed by atoms with Crippen LogP contribution in [0.25, 0.3) is 11.1 Å². The molecule has 0 atom stereocenters. The number of rotatable bonds is 2. The van der Waals surface area contributed by atoms with Gasteiger partial charge in [-0.25, -0.2) is 4.57 Å². The predicted octanol–water partition coefficient (Wildman–Crippen LogP) is 3.39. The fourth-order valence-electron chi connectivity index (χ4n) is 6.01. The van der Waals surface area contributed by atoms with Crippen LogP contribution in [0.1, 0.15) is 38.5 Å². The first-order chi connectivity index (χ1) is 11.2. The molecule has 0 aliphatic heterocycles. The minimum Gasteiger partial charge on any atom is -0.208 e. The van der Waals surface area contributed by atoms with E-state index < -0.39 is 0 Å². The molecule has 4 aliphatic rings. The normalized spacial score (nSPS) is 34.7. The summed E-state index contributed by atoms with van der Waals surface area (Å²) >= 11 is 0. The summed E-state index contributed by atoms with van der Waals surface area (Å²) in [5.41, 5.74) is 3.07. The van der Waals surface area contributed by atoms with Gasteiger partial charge in [0.05, 0.1) is 0 Å². The molecule has 6 rings (SSSR count). The average Bonchev–Trinajstić information content (AvgIpc) is 2.54. The van der Waals surface area contributed by atoms with Crippen molar-refractivity contribution in [1.82, 2.24) is 0 Å². The summed E-state index contributed by atoms with van der Waals surface area (Å²) in [6, 6.07) is 9.02. The van der Waals surface area contributed by atoms with Gasteiger partial charge in [-0.15, -0.1) is 0 Å². The third-order valence-electron chi connectivity index (χ3n) is 6.69. The monoisotopic (exact) mass is 306 g/mol. The van der Waals surface area contributed by atoms with Crippen LogP contribution >= 0.6 is 0 Å². The SMILES string of the molecule is C[n+]1ccc(-c2cc[n+](C34CC5CC(CC(C5)C3)C4)cc2)cc1. The quantitative estimate of drug-likeness (QED) is 0.751. The third kappa shape index (κ3) is 2.22. The molecule has 0 radical (unpaired) electrons. The summed E-state index contributed by atoms with van der Waals surface area (Å²) in [5, 5.41) is 0. The molecule has 4 fully saturated rings. The van der Waals surface area contributed by atoms with Gasteiger partial charge < -0.3 is 0 Å². The Morgan fingerprint density at radius 2 is 1.17 bits per heavy atom. The van der Waals surface area contributed by atoms with Crippen molar-refractivity contribution >= 4 is 0 Å². The maximum absolute atomic E-state index is 2.57. The Hall–Kier alpha value is -1.70. The lowest BCUT2D eigenvalue weighted by atomic mass is 9.53. The Morgan fingerprint density at radius 1 is 0.739 bits per heavy atom. The molecule has 2 nitrogen and oxygen atoms in total. The largest absolute Gasteiger partial charge is 0.208 e. The number of hydrogen-bond donors (Lipinski definition) is 0. The molecule has 2 heteroatoms. The molecule has 0 amide bonds. The number of aromatic nitrogens is 2. The van der Waals surface area contributed by atoms with Crippen LogP contribution in [-0.2, 0) is 12.6 Å². The summed E-state index contributed by atoms with van der Waals surface area (Å²) in [5.74, 6) is 3.01. The molecule has 2 heterocycles. The Kier molecular flexibility index (Phi) is 2.92. The molecule has 4 aliphatic carbocycles. The Morgan fingerprint density at radius 3 is 1.65 bits per heavy atom. The van der Waals surface area contributed by atoms with E-state index in [2.05, 4.69) is 65.2 Å². The molecule has 0 unspecified atom stereocenters. The lowest BCUT2D eigenvalue weighted by Crippen LogP contribution is -2.64. The molecule has 4 bridgehead atoms. The number of hydrogen-bond acceptors (Lipinski definition) is 0. The van der Waals surface area contributed by atoms with Gasteiger partial charge in [0.15, 0.2) is 30.3 Å². The second-order valence-corrected chi connectivity index (χ2v) is 8.39. The first kappa shape index (κ1) is 13.7. The van der Waals surface area contributed by atoms with Gasteiger partial charge in [-0.2, -0.15) is 4.57 Å². The molecule has 4 saturated carbocycles. The van der Waals surface area contributed by atoms with Crippen molar-refractivity contribution in [3.8, 4) is 11.1 Å². The van der Waals surface area contributed by atoms with Crippen molar-refractivity contribution < 1.29 is 9.13 Å². The fraction of sp³-hybridized carbons (Fsp3) is 0.524. The summed E-state index contributed by atoms with van der Waals surface area (Å²) in [6.07, 6.45) is 17.8. The highest BCUT2D eigenvalue weighted by Gasteiger charge is 2.56. The molecule has 23 heavy (non-hydrogen) atoms. The minimum atomic E-state index is 0.441. The first-order valence-corrected chi connectivity index (χ1v) is 9.18. The van der Waals surface area contributed by atoms with Gasteiger partial charge in [0.25, 0.3) is 0 Å². The smallest absolute Gasteiger partial charge is 0.169 e. The highest BCUT2D eigenvalue weighted by atomic mass is 15.0. The molecule has 2 aromatic rings. The fourth-order valence-corrected chi connectivity index (χ4v) is 6.01. The van der Waals surface area contributed by atoms with Gasteiger partial charge in [0, 0.05) is 43.5 Å². The predicted molar refractivity (Wildman–Crippen MR) is 89.4 cm³/mol. The van der Waals surface area contributed by atoms with E-state index in [1.54, 1.807) is 0 Å². The molecule has 0 N–H and O–H groups in total. The van der Waals surface area contributed by atoms with Gasteiger partial charge in [-0.3, -0.25) is 0 Å². The van der Waals surface area contributed by atoms with Crippen LogP contribution in [0.3, 0.4) is 0 Å². The van der Waals surface area contributed by atoms with E-state index >= 15 is 0 Å². The van der Waals surface area contributed by atoms with Crippen molar-refractivity contribution in [3.63, 3.8) is 0 Å². The highest BCUT2D eigenvalue weighted by Crippen LogP contribution is 2.56. The molecular weight excluding hydrogens is 280 g/mol. The zero-order valence-electron chi connectivity index (χ0n) is 14.0. The third-order valence-corrected chi connectivity index (χ3v) is 6.69. The molecule has 0 aromatic carbocycles. The van der Waals surface area contributed by atoms with Crippen LogP contribution in [0.5, 0.6) is 0 Å². The highest BCUT2D eigenvalue weighted by molar-refractivity contribution is 5.60. The molecular formula is C21H26N2+2.